The number of carboxylic acids is 1. The number of benzene rings is 2. The molecule has 0 amide bonds. The first-order valence-electron chi connectivity index (χ1n) is 8.89. The molecule has 10 heteroatoms. The normalized spacial score (nSPS) is 18.0. The number of para-hydroxylation sites is 1. The fraction of sp³-hybridized carbons (Fsp3) is 0.263. The second-order valence-electron chi connectivity index (χ2n) is 6.58. The minimum atomic E-state index is -4.00. The number of nitrogens with one attached hydrogen (secondary N) is 2. The van der Waals surface area contributed by atoms with Gasteiger partial charge >= 0.3 is 5.97 Å². The summed E-state index contributed by atoms with van der Waals surface area (Å²) < 4.78 is 33.4. The standard InChI is InChI=1S/C19H19N3O5S2/c1-27-16-6-5-12(10-13(16)19(23)24)29(25,26)22-14-4-2-3-11-9-15(21-17(11)14)18-20-7-8-28-18/h2-6,10,15,21-22H,7-9H2,1H3,(H,23,24). The third-order valence-corrected chi connectivity index (χ3v) is 7.22. The molecule has 2 aromatic rings. The van der Waals surface area contributed by atoms with Crippen LogP contribution in [0.5, 0.6) is 5.75 Å². The molecule has 0 fully saturated rings. The molecule has 2 aliphatic heterocycles. The van der Waals surface area contributed by atoms with Crippen molar-refractivity contribution in [2.45, 2.75) is 17.4 Å². The van der Waals surface area contributed by atoms with Crippen LogP contribution in [0.1, 0.15) is 15.9 Å². The average Bonchev–Trinajstić information content (AvgIpc) is 3.37. The molecule has 29 heavy (non-hydrogen) atoms. The van der Waals surface area contributed by atoms with E-state index < -0.39 is 16.0 Å². The number of thioether (sulfide) groups is 1. The maximum Gasteiger partial charge on any atom is 0.339 e. The number of nitrogens with zero attached hydrogens (tertiary/aromatic N) is 1. The molecular formula is C19H19N3O5S2. The Bertz CT molecular complexity index is 1110. The van der Waals surface area contributed by atoms with Gasteiger partial charge in [-0.2, -0.15) is 0 Å². The van der Waals surface area contributed by atoms with Crippen molar-refractivity contribution in [1.29, 1.82) is 0 Å². The van der Waals surface area contributed by atoms with Crippen molar-refractivity contribution in [2.75, 3.05) is 29.4 Å². The van der Waals surface area contributed by atoms with Gasteiger partial charge in [-0.1, -0.05) is 12.1 Å². The van der Waals surface area contributed by atoms with E-state index >= 15 is 0 Å². The largest absolute Gasteiger partial charge is 0.496 e. The number of hydrogen-bond donors (Lipinski definition) is 3. The molecule has 0 aromatic heterocycles. The average molecular weight is 434 g/mol. The van der Waals surface area contributed by atoms with E-state index in [4.69, 9.17) is 4.74 Å². The number of rotatable bonds is 6. The Labute approximate surface area is 172 Å². The number of carboxylic acid groups (broad SMARTS) is 1. The molecule has 152 valence electrons. The molecule has 0 aliphatic carbocycles. The molecule has 2 aliphatic rings. The predicted molar refractivity (Wildman–Crippen MR) is 113 cm³/mol. The van der Waals surface area contributed by atoms with Crippen molar-refractivity contribution >= 4 is 44.2 Å². The van der Waals surface area contributed by atoms with Crippen LogP contribution in [0.4, 0.5) is 11.4 Å². The summed E-state index contributed by atoms with van der Waals surface area (Å²) in [5.41, 5.74) is 1.93. The SMILES string of the molecule is COc1ccc(S(=O)(=O)Nc2cccc3c2NC(C2=NCCS2)C3)cc1C(=O)O. The number of hydrogen-bond acceptors (Lipinski definition) is 7. The zero-order valence-electron chi connectivity index (χ0n) is 15.5. The molecule has 2 aromatic carbocycles. The first kappa shape index (κ1) is 19.6. The van der Waals surface area contributed by atoms with Gasteiger partial charge in [-0.25, -0.2) is 13.2 Å². The molecule has 0 bridgehead atoms. The van der Waals surface area contributed by atoms with Crippen LogP contribution in [0, 0.1) is 0 Å². The highest BCUT2D eigenvalue weighted by Gasteiger charge is 2.30. The highest BCUT2D eigenvalue weighted by Crippen LogP contribution is 2.37. The number of aliphatic imine (C=N–C) groups is 1. The van der Waals surface area contributed by atoms with Crippen LogP contribution in [0.15, 0.2) is 46.3 Å². The number of sulfonamides is 1. The maximum absolute atomic E-state index is 12.9. The van der Waals surface area contributed by atoms with Crippen LogP contribution in [-0.4, -0.2) is 50.0 Å². The van der Waals surface area contributed by atoms with E-state index in [1.807, 2.05) is 6.07 Å². The van der Waals surface area contributed by atoms with E-state index in [0.29, 0.717) is 5.69 Å². The third kappa shape index (κ3) is 3.77. The Morgan fingerprint density at radius 2 is 2.17 bits per heavy atom. The maximum atomic E-state index is 12.9. The Morgan fingerprint density at radius 3 is 2.86 bits per heavy atom. The second kappa shape index (κ2) is 7.60. The molecule has 8 nitrogen and oxygen atoms in total. The number of fused-ring (bicyclic) bond motifs is 1. The highest BCUT2D eigenvalue weighted by molar-refractivity contribution is 8.14. The van der Waals surface area contributed by atoms with Gasteiger partial charge in [0, 0.05) is 18.7 Å². The van der Waals surface area contributed by atoms with Gasteiger partial charge < -0.3 is 15.2 Å². The van der Waals surface area contributed by atoms with E-state index in [9.17, 15) is 18.3 Å². The smallest absolute Gasteiger partial charge is 0.339 e. The summed E-state index contributed by atoms with van der Waals surface area (Å²) in [6, 6.07) is 9.21. The summed E-state index contributed by atoms with van der Waals surface area (Å²) in [7, 11) is -2.67. The molecule has 0 saturated carbocycles. The molecule has 0 saturated heterocycles. The number of ether oxygens (including phenoxy) is 1. The van der Waals surface area contributed by atoms with Crippen molar-refractivity contribution in [3.05, 3.63) is 47.5 Å². The van der Waals surface area contributed by atoms with Gasteiger partial charge in [0.2, 0.25) is 0 Å². The zero-order valence-corrected chi connectivity index (χ0v) is 17.1. The number of anilines is 2. The van der Waals surface area contributed by atoms with Gasteiger partial charge in [-0.05, 0) is 29.8 Å². The van der Waals surface area contributed by atoms with Crippen LogP contribution < -0.4 is 14.8 Å². The van der Waals surface area contributed by atoms with Crippen LogP contribution in [-0.2, 0) is 16.4 Å². The minimum Gasteiger partial charge on any atom is -0.496 e. The van der Waals surface area contributed by atoms with Crippen molar-refractivity contribution < 1.29 is 23.1 Å². The van der Waals surface area contributed by atoms with Gasteiger partial charge in [-0.3, -0.25) is 9.71 Å². The molecule has 2 heterocycles. The summed E-state index contributed by atoms with van der Waals surface area (Å²) in [6.45, 7) is 0.803. The Kier molecular flexibility index (Phi) is 5.13. The van der Waals surface area contributed by atoms with Gasteiger partial charge in [0.25, 0.3) is 10.0 Å². The molecule has 1 unspecified atom stereocenters. The second-order valence-corrected chi connectivity index (χ2v) is 9.38. The predicted octanol–water partition coefficient (Wildman–Crippen LogP) is 2.68. The van der Waals surface area contributed by atoms with Crippen LogP contribution >= 0.6 is 11.8 Å². The summed E-state index contributed by atoms with van der Waals surface area (Å²) in [4.78, 5) is 15.8. The van der Waals surface area contributed by atoms with E-state index in [1.165, 1.54) is 19.2 Å². The van der Waals surface area contributed by atoms with Crippen molar-refractivity contribution in [3.63, 3.8) is 0 Å². The lowest BCUT2D eigenvalue weighted by molar-refractivity contribution is 0.0693. The van der Waals surface area contributed by atoms with E-state index in [1.54, 1.807) is 23.9 Å². The fourth-order valence-corrected chi connectivity index (χ4v) is 5.42. The monoisotopic (exact) mass is 433 g/mol. The Balaban J connectivity index is 1.63. The lowest BCUT2D eigenvalue weighted by Gasteiger charge is -2.15. The molecular weight excluding hydrogens is 414 g/mol. The quantitative estimate of drug-likeness (QED) is 0.641. The summed E-state index contributed by atoms with van der Waals surface area (Å²) >= 11 is 1.72. The first-order valence-corrected chi connectivity index (χ1v) is 11.4. The van der Waals surface area contributed by atoms with Crippen LogP contribution in [0.25, 0.3) is 0 Å². The van der Waals surface area contributed by atoms with Crippen molar-refractivity contribution in [2.24, 2.45) is 4.99 Å². The van der Waals surface area contributed by atoms with Crippen LogP contribution in [0.3, 0.4) is 0 Å². The number of methoxy groups -OCH3 is 1. The highest BCUT2D eigenvalue weighted by atomic mass is 32.2. The summed E-state index contributed by atoms with van der Waals surface area (Å²) in [5.74, 6) is -0.206. The van der Waals surface area contributed by atoms with E-state index in [0.717, 1.165) is 41.1 Å². The van der Waals surface area contributed by atoms with E-state index in [-0.39, 0.29) is 22.3 Å². The molecule has 0 radical (unpaired) electrons. The molecule has 3 N–H and O–H groups in total. The summed E-state index contributed by atoms with van der Waals surface area (Å²) in [6.07, 6.45) is 0.739. The van der Waals surface area contributed by atoms with Crippen molar-refractivity contribution in [1.82, 2.24) is 0 Å². The van der Waals surface area contributed by atoms with Crippen molar-refractivity contribution in [3.8, 4) is 5.75 Å². The first-order chi connectivity index (χ1) is 13.9. The molecule has 4 rings (SSSR count). The Hall–Kier alpha value is -2.72. The van der Waals surface area contributed by atoms with E-state index in [2.05, 4.69) is 15.0 Å². The lowest BCUT2D eigenvalue weighted by atomic mass is 10.1. The number of aromatic carboxylic acids is 1. The fourth-order valence-electron chi connectivity index (χ4n) is 3.41. The molecule has 1 atom stereocenters. The topological polar surface area (TPSA) is 117 Å². The van der Waals surface area contributed by atoms with Gasteiger partial charge in [0.15, 0.2) is 0 Å². The molecule has 0 spiro atoms. The van der Waals surface area contributed by atoms with Gasteiger partial charge in [0.1, 0.15) is 11.3 Å². The third-order valence-electron chi connectivity index (χ3n) is 4.76. The minimum absolute atomic E-state index is 0.0442. The van der Waals surface area contributed by atoms with Crippen LogP contribution in [0.2, 0.25) is 0 Å². The summed E-state index contributed by atoms with van der Waals surface area (Å²) in [5, 5.41) is 13.7. The Morgan fingerprint density at radius 1 is 1.34 bits per heavy atom. The van der Waals surface area contributed by atoms with Gasteiger partial charge in [0.05, 0.1) is 34.5 Å². The van der Waals surface area contributed by atoms with Gasteiger partial charge in [-0.15, -0.1) is 11.8 Å². The number of carbonyl (C=O) groups is 1. The zero-order chi connectivity index (χ0) is 20.6. The lowest BCUT2D eigenvalue weighted by Crippen LogP contribution is -2.24.